The van der Waals surface area contributed by atoms with Crippen LogP contribution >= 0.6 is 0 Å². The number of carbonyl (C=O) groups is 1. The lowest BCUT2D eigenvalue weighted by Crippen LogP contribution is -2.47. The van der Waals surface area contributed by atoms with Gasteiger partial charge in [0.05, 0.1) is 0 Å². The van der Waals surface area contributed by atoms with Gasteiger partial charge in [0.25, 0.3) is 0 Å². The summed E-state index contributed by atoms with van der Waals surface area (Å²) >= 11 is 0. The SMILES string of the molecule is NCC1CCCCN1C(=O)OCc1ccccc1. The Labute approximate surface area is 108 Å². The molecule has 2 N–H and O–H groups in total. The highest BCUT2D eigenvalue weighted by molar-refractivity contribution is 5.68. The fraction of sp³-hybridized carbons (Fsp3) is 0.500. The van der Waals surface area contributed by atoms with Crippen LogP contribution in [0.15, 0.2) is 30.3 Å². The normalized spacial score (nSPS) is 19.6. The molecule has 1 aliphatic heterocycles. The van der Waals surface area contributed by atoms with Crippen molar-refractivity contribution in [3.8, 4) is 0 Å². The van der Waals surface area contributed by atoms with Gasteiger partial charge in [0.1, 0.15) is 6.61 Å². The molecule has 1 heterocycles. The van der Waals surface area contributed by atoms with Crippen molar-refractivity contribution < 1.29 is 9.53 Å². The van der Waals surface area contributed by atoms with Crippen molar-refractivity contribution in [2.75, 3.05) is 13.1 Å². The summed E-state index contributed by atoms with van der Waals surface area (Å²) in [6.45, 7) is 1.60. The van der Waals surface area contributed by atoms with Crippen molar-refractivity contribution in [2.45, 2.75) is 31.9 Å². The highest BCUT2D eigenvalue weighted by Crippen LogP contribution is 2.17. The van der Waals surface area contributed by atoms with Crippen LogP contribution in [0, 0.1) is 0 Å². The van der Waals surface area contributed by atoms with E-state index in [9.17, 15) is 4.79 Å². The van der Waals surface area contributed by atoms with Crippen LogP contribution in [-0.4, -0.2) is 30.1 Å². The summed E-state index contributed by atoms with van der Waals surface area (Å²) in [4.78, 5) is 13.8. The minimum Gasteiger partial charge on any atom is -0.445 e. The van der Waals surface area contributed by atoms with E-state index in [1.54, 1.807) is 4.90 Å². The molecule has 1 amide bonds. The molecular weight excluding hydrogens is 228 g/mol. The fourth-order valence-electron chi connectivity index (χ4n) is 2.29. The highest BCUT2D eigenvalue weighted by atomic mass is 16.6. The summed E-state index contributed by atoms with van der Waals surface area (Å²) in [5, 5.41) is 0. The van der Waals surface area contributed by atoms with Crippen LogP contribution in [0.5, 0.6) is 0 Å². The summed E-state index contributed by atoms with van der Waals surface area (Å²) in [7, 11) is 0. The number of likely N-dealkylation sites (tertiary alicyclic amines) is 1. The molecule has 0 aliphatic carbocycles. The maximum absolute atomic E-state index is 12.0. The van der Waals surface area contributed by atoms with E-state index in [2.05, 4.69) is 0 Å². The van der Waals surface area contributed by atoms with Crippen molar-refractivity contribution >= 4 is 6.09 Å². The van der Waals surface area contributed by atoms with Gasteiger partial charge in [-0.05, 0) is 24.8 Å². The average Bonchev–Trinajstić information content (AvgIpc) is 2.45. The maximum atomic E-state index is 12.0. The van der Waals surface area contributed by atoms with Crippen molar-refractivity contribution in [1.29, 1.82) is 0 Å². The Morgan fingerprint density at radius 1 is 1.33 bits per heavy atom. The smallest absolute Gasteiger partial charge is 0.410 e. The zero-order valence-corrected chi connectivity index (χ0v) is 10.5. The Kier molecular flexibility index (Phi) is 4.59. The second-order valence-electron chi connectivity index (χ2n) is 4.62. The molecule has 4 nitrogen and oxygen atoms in total. The topological polar surface area (TPSA) is 55.6 Å². The van der Waals surface area contributed by atoms with Crippen LogP contribution in [0.1, 0.15) is 24.8 Å². The molecule has 0 radical (unpaired) electrons. The van der Waals surface area contributed by atoms with E-state index in [0.717, 1.165) is 31.4 Å². The van der Waals surface area contributed by atoms with Crippen molar-refractivity contribution in [1.82, 2.24) is 4.90 Å². The molecule has 1 aromatic rings. The lowest BCUT2D eigenvalue weighted by atomic mass is 10.0. The van der Waals surface area contributed by atoms with Gasteiger partial charge in [-0.2, -0.15) is 0 Å². The zero-order chi connectivity index (χ0) is 12.8. The van der Waals surface area contributed by atoms with Crippen LogP contribution in [0.4, 0.5) is 4.79 Å². The number of amides is 1. The third-order valence-electron chi connectivity index (χ3n) is 3.34. The van der Waals surface area contributed by atoms with Gasteiger partial charge in [-0.15, -0.1) is 0 Å². The van der Waals surface area contributed by atoms with Crippen LogP contribution in [-0.2, 0) is 11.3 Å². The highest BCUT2D eigenvalue weighted by Gasteiger charge is 2.26. The van der Waals surface area contributed by atoms with E-state index in [0.29, 0.717) is 13.2 Å². The summed E-state index contributed by atoms with van der Waals surface area (Å²) in [6, 6.07) is 9.86. The zero-order valence-electron chi connectivity index (χ0n) is 10.5. The summed E-state index contributed by atoms with van der Waals surface area (Å²) in [6.07, 6.45) is 2.92. The van der Waals surface area contributed by atoms with Gasteiger partial charge in [-0.3, -0.25) is 0 Å². The number of carbonyl (C=O) groups excluding carboxylic acids is 1. The first-order chi connectivity index (χ1) is 8.81. The van der Waals surface area contributed by atoms with Crippen LogP contribution in [0.25, 0.3) is 0 Å². The summed E-state index contributed by atoms with van der Waals surface area (Å²) in [5.74, 6) is 0. The number of benzene rings is 1. The molecule has 98 valence electrons. The third-order valence-corrected chi connectivity index (χ3v) is 3.34. The van der Waals surface area contributed by atoms with E-state index in [1.165, 1.54) is 0 Å². The molecule has 2 rings (SSSR count). The minimum absolute atomic E-state index is 0.141. The lowest BCUT2D eigenvalue weighted by Gasteiger charge is -2.34. The van der Waals surface area contributed by atoms with E-state index < -0.39 is 0 Å². The summed E-state index contributed by atoms with van der Waals surface area (Å²) in [5.41, 5.74) is 6.70. The number of rotatable bonds is 3. The molecule has 18 heavy (non-hydrogen) atoms. The van der Waals surface area contributed by atoms with Crippen molar-refractivity contribution in [3.05, 3.63) is 35.9 Å². The van der Waals surface area contributed by atoms with Gasteiger partial charge < -0.3 is 15.4 Å². The molecule has 4 heteroatoms. The minimum atomic E-state index is -0.242. The first kappa shape index (κ1) is 12.9. The Hall–Kier alpha value is -1.55. The molecule has 0 saturated carbocycles. The number of piperidine rings is 1. The molecule has 1 unspecified atom stereocenters. The van der Waals surface area contributed by atoms with Crippen LogP contribution < -0.4 is 5.73 Å². The Morgan fingerprint density at radius 2 is 2.11 bits per heavy atom. The second-order valence-corrected chi connectivity index (χ2v) is 4.62. The fourth-order valence-corrected chi connectivity index (χ4v) is 2.29. The largest absolute Gasteiger partial charge is 0.445 e. The van der Waals surface area contributed by atoms with Gasteiger partial charge >= 0.3 is 6.09 Å². The Bertz CT molecular complexity index is 381. The maximum Gasteiger partial charge on any atom is 0.410 e. The van der Waals surface area contributed by atoms with E-state index in [1.807, 2.05) is 30.3 Å². The number of nitrogens with zero attached hydrogens (tertiary/aromatic N) is 1. The third kappa shape index (κ3) is 3.23. The van der Waals surface area contributed by atoms with Gasteiger partial charge in [-0.25, -0.2) is 4.79 Å². The first-order valence-corrected chi connectivity index (χ1v) is 6.48. The molecule has 1 fully saturated rings. The average molecular weight is 248 g/mol. The molecule has 1 saturated heterocycles. The van der Waals surface area contributed by atoms with Gasteiger partial charge in [0.2, 0.25) is 0 Å². The van der Waals surface area contributed by atoms with E-state index >= 15 is 0 Å². The van der Waals surface area contributed by atoms with Crippen LogP contribution in [0.2, 0.25) is 0 Å². The van der Waals surface area contributed by atoms with E-state index in [-0.39, 0.29) is 12.1 Å². The number of hydrogen-bond donors (Lipinski definition) is 1. The Morgan fingerprint density at radius 3 is 2.83 bits per heavy atom. The standard InChI is InChI=1S/C14H20N2O2/c15-10-13-8-4-5-9-16(13)14(17)18-11-12-6-2-1-3-7-12/h1-3,6-7,13H,4-5,8-11,15H2. The van der Waals surface area contributed by atoms with Crippen LogP contribution in [0.3, 0.4) is 0 Å². The molecule has 0 bridgehead atoms. The molecule has 1 aromatic carbocycles. The molecule has 0 spiro atoms. The quantitative estimate of drug-likeness (QED) is 0.891. The molecule has 0 aromatic heterocycles. The summed E-state index contributed by atoms with van der Waals surface area (Å²) < 4.78 is 5.33. The van der Waals surface area contributed by atoms with Crippen molar-refractivity contribution in [2.24, 2.45) is 5.73 Å². The predicted octanol–water partition coefficient (Wildman–Crippen LogP) is 2.14. The Balaban J connectivity index is 1.87. The number of nitrogens with two attached hydrogens (primary N) is 1. The lowest BCUT2D eigenvalue weighted by molar-refractivity contribution is 0.0699. The monoisotopic (exact) mass is 248 g/mol. The number of hydrogen-bond acceptors (Lipinski definition) is 3. The van der Waals surface area contributed by atoms with Gasteiger partial charge in [0.15, 0.2) is 0 Å². The first-order valence-electron chi connectivity index (χ1n) is 6.48. The van der Waals surface area contributed by atoms with Gasteiger partial charge in [-0.1, -0.05) is 30.3 Å². The molecule has 1 atom stereocenters. The predicted molar refractivity (Wildman–Crippen MR) is 70.0 cm³/mol. The van der Waals surface area contributed by atoms with Crippen molar-refractivity contribution in [3.63, 3.8) is 0 Å². The van der Waals surface area contributed by atoms with E-state index in [4.69, 9.17) is 10.5 Å². The van der Waals surface area contributed by atoms with Gasteiger partial charge in [0, 0.05) is 19.1 Å². The second kappa shape index (κ2) is 6.40. The molecular formula is C14H20N2O2. The number of ether oxygens (including phenoxy) is 1. The molecule has 1 aliphatic rings.